The fourth-order valence-corrected chi connectivity index (χ4v) is 4.38. The van der Waals surface area contributed by atoms with Gasteiger partial charge in [-0.3, -0.25) is 4.79 Å². The van der Waals surface area contributed by atoms with Crippen molar-refractivity contribution >= 4 is 22.0 Å². The van der Waals surface area contributed by atoms with E-state index in [4.69, 9.17) is 4.74 Å². The van der Waals surface area contributed by atoms with Crippen molar-refractivity contribution in [3.8, 4) is 22.9 Å². The number of carbonyl (C=O) groups is 1. The number of fused-ring (bicyclic) bond motifs is 1. The van der Waals surface area contributed by atoms with Gasteiger partial charge in [0.15, 0.2) is 21.4 Å². The summed E-state index contributed by atoms with van der Waals surface area (Å²) in [4.78, 5) is 20.3. The summed E-state index contributed by atoms with van der Waals surface area (Å²) in [5, 5.41) is 0. The molecule has 0 fully saturated rings. The Morgan fingerprint density at radius 3 is 2.69 bits per heavy atom. The first-order chi connectivity index (χ1) is 15.2. The molecule has 166 valence electrons. The van der Waals surface area contributed by atoms with Crippen LogP contribution in [0.1, 0.15) is 28.5 Å². The largest absolute Gasteiger partial charge is 0.435 e. The summed E-state index contributed by atoms with van der Waals surface area (Å²) in [6, 6.07) is 6.22. The van der Waals surface area contributed by atoms with Gasteiger partial charge in [0, 0.05) is 24.2 Å². The standard InChI is InChI=1S/C22H19F2N3O4S/c1-3-32(29,30)12-14-9-16(18-8-13(2)20-21(28)25-6-7-27(18)20)22(26-11-14)31-19-5-4-15(23)10-17(19)24/h4-6,8-11H,3,7,12H2,1-2H3. The average Bonchev–Trinajstić information content (AvgIpc) is 3.08. The molecule has 1 aliphatic rings. The number of carbonyl (C=O) groups excluding carboxylic acids is 1. The number of aryl methyl sites for hydroxylation is 1. The number of hydrogen-bond acceptors (Lipinski definition) is 5. The minimum Gasteiger partial charge on any atom is -0.435 e. The van der Waals surface area contributed by atoms with Gasteiger partial charge in [-0.05, 0) is 42.3 Å². The Bertz CT molecular complexity index is 1360. The zero-order chi connectivity index (χ0) is 23.0. The first-order valence-electron chi connectivity index (χ1n) is 9.78. The Kier molecular flexibility index (Phi) is 5.64. The lowest BCUT2D eigenvalue weighted by atomic mass is 10.1. The normalized spacial score (nSPS) is 13.3. The molecule has 0 saturated heterocycles. The smallest absolute Gasteiger partial charge is 0.293 e. The summed E-state index contributed by atoms with van der Waals surface area (Å²) in [7, 11) is -3.34. The Hall–Kier alpha value is -3.40. The minimum atomic E-state index is -3.34. The second-order valence-electron chi connectivity index (χ2n) is 7.34. The lowest BCUT2D eigenvalue weighted by molar-refractivity contribution is 0.0991. The van der Waals surface area contributed by atoms with Crippen LogP contribution < -0.4 is 4.74 Å². The monoisotopic (exact) mass is 459 g/mol. The molecule has 0 N–H and O–H groups in total. The van der Waals surface area contributed by atoms with Gasteiger partial charge in [-0.15, -0.1) is 0 Å². The van der Waals surface area contributed by atoms with Crippen LogP contribution in [0.25, 0.3) is 11.3 Å². The number of aliphatic imine (C=N–C) groups is 1. The van der Waals surface area contributed by atoms with Gasteiger partial charge in [0.2, 0.25) is 5.88 Å². The lowest BCUT2D eigenvalue weighted by Gasteiger charge is -2.16. The molecule has 0 radical (unpaired) electrons. The van der Waals surface area contributed by atoms with Crippen LogP contribution in [-0.4, -0.2) is 35.8 Å². The predicted molar refractivity (Wildman–Crippen MR) is 115 cm³/mol. The first kappa shape index (κ1) is 21.8. The number of aromatic nitrogens is 2. The van der Waals surface area contributed by atoms with Gasteiger partial charge in [0.05, 0.1) is 23.6 Å². The number of nitrogens with zero attached hydrogens (tertiary/aromatic N) is 3. The molecule has 0 atom stereocenters. The summed E-state index contributed by atoms with van der Waals surface area (Å²) in [6.45, 7) is 3.62. The third-order valence-corrected chi connectivity index (χ3v) is 6.73. The molecule has 0 aliphatic carbocycles. The van der Waals surface area contributed by atoms with E-state index in [1.165, 1.54) is 12.4 Å². The highest BCUT2D eigenvalue weighted by Crippen LogP contribution is 2.36. The van der Waals surface area contributed by atoms with Crippen LogP contribution in [0.15, 0.2) is 41.5 Å². The number of sulfone groups is 1. The van der Waals surface area contributed by atoms with Gasteiger partial charge in [-0.25, -0.2) is 27.2 Å². The van der Waals surface area contributed by atoms with Crippen molar-refractivity contribution in [1.29, 1.82) is 0 Å². The molecule has 2 aromatic heterocycles. The molecule has 1 amide bonds. The molecular formula is C22H19F2N3O4S. The molecule has 4 rings (SSSR count). The quantitative estimate of drug-likeness (QED) is 0.554. The first-order valence-corrected chi connectivity index (χ1v) is 11.6. The average molecular weight is 459 g/mol. The van der Waals surface area contributed by atoms with Crippen molar-refractivity contribution in [1.82, 2.24) is 9.55 Å². The second-order valence-corrected chi connectivity index (χ2v) is 9.69. The van der Waals surface area contributed by atoms with Gasteiger partial charge < -0.3 is 9.30 Å². The summed E-state index contributed by atoms with van der Waals surface area (Å²) < 4.78 is 59.1. The summed E-state index contributed by atoms with van der Waals surface area (Å²) in [5.74, 6) is -2.58. The zero-order valence-electron chi connectivity index (χ0n) is 17.3. The fourth-order valence-electron chi connectivity index (χ4n) is 3.51. The molecule has 0 saturated carbocycles. The Labute approximate surface area is 183 Å². The van der Waals surface area contributed by atoms with Crippen LogP contribution in [0.2, 0.25) is 0 Å². The molecule has 32 heavy (non-hydrogen) atoms. The van der Waals surface area contributed by atoms with E-state index in [0.717, 1.165) is 12.1 Å². The van der Waals surface area contributed by atoms with Crippen LogP contribution in [-0.2, 0) is 22.1 Å². The maximum absolute atomic E-state index is 14.2. The van der Waals surface area contributed by atoms with E-state index in [0.29, 0.717) is 40.7 Å². The third kappa shape index (κ3) is 4.18. The Morgan fingerprint density at radius 2 is 1.97 bits per heavy atom. The van der Waals surface area contributed by atoms with Crippen LogP contribution in [0.3, 0.4) is 0 Å². The van der Waals surface area contributed by atoms with Crippen molar-refractivity contribution < 1.29 is 26.7 Å². The molecular weight excluding hydrogens is 440 g/mol. The Morgan fingerprint density at radius 1 is 1.19 bits per heavy atom. The lowest BCUT2D eigenvalue weighted by Crippen LogP contribution is -2.16. The SMILES string of the molecule is CCS(=O)(=O)Cc1cnc(Oc2ccc(F)cc2F)c(-c2cc(C)c3n2CC=NC3=O)c1. The Balaban J connectivity index is 1.87. The van der Waals surface area contributed by atoms with E-state index in [1.807, 2.05) is 0 Å². The molecule has 7 nitrogen and oxygen atoms in total. The van der Waals surface area contributed by atoms with E-state index in [1.54, 1.807) is 30.5 Å². The topological polar surface area (TPSA) is 90.6 Å². The number of ether oxygens (including phenoxy) is 1. The van der Waals surface area contributed by atoms with E-state index >= 15 is 0 Å². The molecule has 1 aromatic carbocycles. The van der Waals surface area contributed by atoms with Crippen LogP contribution >= 0.6 is 0 Å². The predicted octanol–water partition coefficient (Wildman–Crippen LogP) is 4.09. The van der Waals surface area contributed by atoms with Crippen LogP contribution in [0.5, 0.6) is 11.6 Å². The maximum Gasteiger partial charge on any atom is 0.293 e. The molecule has 3 heterocycles. The number of halogens is 2. The van der Waals surface area contributed by atoms with Gasteiger partial charge in [0.1, 0.15) is 11.5 Å². The molecule has 3 aromatic rings. The van der Waals surface area contributed by atoms with E-state index in [-0.39, 0.29) is 23.1 Å². The van der Waals surface area contributed by atoms with Crippen LogP contribution in [0.4, 0.5) is 8.78 Å². The molecule has 10 heteroatoms. The van der Waals surface area contributed by atoms with Crippen molar-refractivity contribution in [2.75, 3.05) is 5.75 Å². The van der Waals surface area contributed by atoms with Crippen molar-refractivity contribution in [2.24, 2.45) is 4.99 Å². The van der Waals surface area contributed by atoms with Crippen LogP contribution in [0, 0.1) is 18.6 Å². The highest BCUT2D eigenvalue weighted by Gasteiger charge is 2.25. The van der Waals surface area contributed by atoms with E-state index in [9.17, 15) is 22.0 Å². The van der Waals surface area contributed by atoms with Gasteiger partial charge in [-0.1, -0.05) is 6.92 Å². The fraction of sp³-hybridized carbons (Fsp3) is 0.227. The number of amides is 1. The molecule has 0 unspecified atom stereocenters. The second kappa shape index (κ2) is 8.27. The van der Waals surface area contributed by atoms with Crippen molar-refractivity contribution in [3.63, 3.8) is 0 Å². The highest BCUT2D eigenvalue weighted by molar-refractivity contribution is 7.90. The summed E-state index contributed by atoms with van der Waals surface area (Å²) in [6.07, 6.45) is 2.81. The van der Waals surface area contributed by atoms with E-state index < -0.39 is 27.4 Å². The maximum atomic E-state index is 14.2. The summed E-state index contributed by atoms with van der Waals surface area (Å²) >= 11 is 0. The third-order valence-electron chi connectivity index (χ3n) is 5.07. The molecule has 1 aliphatic heterocycles. The molecule has 0 bridgehead atoms. The van der Waals surface area contributed by atoms with Gasteiger partial charge in [0.25, 0.3) is 5.91 Å². The molecule has 0 spiro atoms. The minimum absolute atomic E-state index is 0.0107. The zero-order valence-corrected chi connectivity index (χ0v) is 18.1. The van der Waals surface area contributed by atoms with Gasteiger partial charge in [-0.2, -0.15) is 0 Å². The number of benzene rings is 1. The highest BCUT2D eigenvalue weighted by atomic mass is 32.2. The van der Waals surface area contributed by atoms with Gasteiger partial charge >= 0.3 is 0 Å². The number of pyridine rings is 1. The number of rotatable bonds is 6. The van der Waals surface area contributed by atoms with Crippen molar-refractivity contribution in [2.45, 2.75) is 26.1 Å². The van der Waals surface area contributed by atoms with Crippen molar-refractivity contribution in [3.05, 3.63) is 65.0 Å². The summed E-state index contributed by atoms with van der Waals surface area (Å²) in [5.41, 5.74) is 2.39. The number of hydrogen-bond donors (Lipinski definition) is 0. The van der Waals surface area contributed by atoms with E-state index in [2.05, 4.69) is 9.98 Å².